The first kappa shape index (κ1) is 21.0. The summed E-state index contributed by atoms with van der Waals surface area (Å²) >= 11 is 0. The Morgan fingerprint density at radius 2 is 1.70 bits per heavy atom. The average molecular weight is 389 g/mol. The Hall–Kier alpha value is -2.34. The first-order chi connectivity index (χ1) is 12.8. The van der Waals surface area contributed by atoms with Gasteiger partial charge in [0, 0.05) is 6.04 Å². The summed E-state index contributed by atoms with van der Waals surface area (Å²) in [5, 5.41) is 2.91. The van der Waals surface area contributed by atoms with E-state index in [-0.39, 0.29) is 18.5 Å². The van der Waals surface area contributed by atoms with Crippen molar-refractivity contribution in [2.45, 2.75) is 39.2 Å². The van der Waals surface area contributed by atoms with Gasteiger partial charge in [0.2, 0.25) is 15.9 Å². The van der Waals surface area contributed by atoms with Crippen molar-refractivity contribution in [3.63, 3.8) is 0 Å². The van der Waals surface area contributed by atoms with Gasteiger partial charge in [-0.25, -0.2) is 8.42 Å². The van der Waals surface area contributed by atoms with Crippen molar-refractivity contribution in [2.75, 3.05) is 17.1 Å². The number of rotatable bonds is 9. The van der Waals surface area contributed by atoms with Gasteiger partial charge in [-0.15, -0.1) is 0 Å². The third kappa shape index (κ3) is 6.40. The molecule has 146 valence electrons. The molecule has 27 heavy (non-hydrogen) atoms. The molecule has 0 spiro atoms. The lowest BCUT2D eigenvalue weighted by atomic mass is 10.1. The maximum Gasteiger partial charge on any atom is 0.240 e. The number of benzene rings is 2. The zero-order chi connectivity index (χ0) is 19.9. The molecule has 2 rings (SSSR count). The number of aryl methyl sites for hydroxylation is 2. The van der Waals surface area contributed by atoms with Crippen LogP contribution in [0, 0.1) is 0 Å². The second kappa shape index (κ2) is 9.55. The predicted molar refractivity (Wildman–Crippen MR) is 110 cm³/mol. The molecule has 0 heterocycles. The molecule has 0 aromatic heterocycles. The van der Waals surface area contributed by atoms with Crippen LogP contribution in [0.15, 0.2) is 54.6 Å². The van der Waals surface area contributed by atoms with E-state index >= 15 is 0 Å². The number of hydrogen-bond donors (Lipinski definition) is 1. The highest BCUT2D eigenvalue weighted by atomic mass is 32.2. The fourth-order valence-electron chi connectivity index (χ4n) is 2.99. The van der Waals surface area contributed by atoms with Crippen LogP contribution in [-0.2, 0) is 27.7 Å². The summed E-state index contributed by atoms with van der Waals surface area (Å²) in [4.78, 5) is 12.5. The molecule has 2 aromatic carbocycles. The largest absolute Gasteiger partial charge is 0.352 e. The number of sulfonamides is 1. The van der Waals surface area contributed by atoms with E-state index in [4.69, 9.17) is 0 Å². The third-order valence-corrected chi connectivity index (χ3v) is 5.57. The normalized spacial score (nSPS) is 12.4. The Morgan fingerprint density at radius 3 is 2.33 bits per heavy atom. The lowest BCUT2D eigenvalue weighted by molar-refractivity contribution is -0.120. The molecule has 0 fully saturated rings. The molecule has 0 saturated carbocycles. The molecular weight excluding hydrogens is 360 g/mol. The van der Waals surface area contributed by atoms with E-state index in [9.17, 15) is 13.2 Å². The SMILES string of the molecule is CCc1ccccc1N(CC(=O)NC(C)CCc1ccccc1)S(C)(=O)=O. The lowest BCUT2D eigenvalue weighted by Gasteiger charge is -2.25. The fraction of sp³-hybridized carbons (Fsp3) is 0.381. The molecule has 2 aromatic rings. The van der Waals surface area contributed by atoms with Gasteiger partial charge in [0.1, 0.15) is 6.54 Å². The van der Waals surface area contributed by atoms with Crippen LogP contribution in [0.25, 0.3) is 0 Å². The predicted octanol–water partition coefficient (Wildman–Crippen LogP) is 3.15. The van der Waals surface area contributed by atoms with Crippen LogP contribution in [0.2, 0.25) is 0 Å². The number of para-hydroxylation sites is 1. The van der Waals surface area contributed by atoms with Crippen molar-refractivity contribution in [3.05, 3.63) is 65.7 Å². The summed E-state index contributed by atoms with van der Waals surface area (Å²) in [5.41, 5.74) is 2.68. The van der Waals surface area contributed by atoms with Gasteiger partial charge < -0.3 is 5.32 Å². The average Bonchev–Trinajstić information content (AvgIpc) is 2.64. The molecule has 5 nitrogen and oxygen atoms in total. The minimum absolute atomic E-state index is 0.0412. The van der Waals surface area contributed by atoms with Crippen LogP contribution in [0.4, 0.5) is 5.69 Å². The molecule has 0 bridgehead atoms. The standard InChI is InChI=1S/C21H28N2O3S/c1-4-19-12-8-9-13-20(19)23(27(3,25)26)16-21(24)22-17(2)14-15-18-10-6-5-7-11-18/h5-13,17H,4,14-16H2,1-3H3,(H,22,24). The smallest absolute Gasteiger partial charge is 0.240 e. The molecule has 1 unspecified atom stereocenters. The van der Waals surface area contributed by atoms with Gasteiger partial charge >= 0.3 is 0 Å². The van der Waals surface area contributed by atoms with Gasteiger partial charge in [0.25, 0.3) is 0 Å². The first-order valence-corrected chi connectivity index (χ1v) is 11.0. The van der Waals surface area contributed by atoms with Crippen molar-refractivity contribution < 1.29 is 13.2 Å². The van der Waals surface area contributed by atoms with E-state index < -0.39 is 10.0 Å². The number of carbonyl (C=O) groups excluding carboxylic acids is 1. The summed E-state index contributed by atoms with van der Waals surface area (Å²) in [6.45, 7) is 3.68. The summed E-state index contributed by atoms with van der Waals surface area (Å²) < 4.78 is 25.7. The Bertz CT molecular complexity index is 851. The second-order valence-electron chi connectivity index (χ2n) is 6.74. The van der Waals surface area contributed by atoms with E-state index in [1.54, 1.807) is 12.1 Å². The number of hydrogen-bond acceptors (Lipinski definition) is 3. The van der Waals surface area contributed by atoms with Crippen LogP contribution in [0.3, 0.4) is 0 Å². The highest BCUT2D eigenvalue weighted by Gasteiger charge is 2.23. The summed E-state index contributed by atoms with van der Waals surface area (Å²) in [7, 11) is -3.56. The maximum atomic E-state index is 12.5. The molecule has 0 radical (unpaired) electrons. The quantitative estimate of drug-likeness (QED) is 0.718. The molecule has 1 amide bonds. The zero-order valence-electron chi connectivity index (χ0n) is 16.2. The summed E-state index contributed by atoms with van der Waals surface area (Å²) in [6.07, 6.45) is 3.47. The van der Waals surface area contributed by atoms with E-state index in [1.807, 2.05) is 44.2 Å². The van der Waals surface area contributed by atoms with Crippen molar-refractivity contribution in [1.82, 2.24) is 5.32 Å². The Balaban J connectivity index is 2.01. The van der Waals surface area contributed by atoms with Crippen LogP contribution in [0.1, 0.15) is 31.4 Å². The number of carbonyl (C=O) groups is 1. The molecule has 1 N–H and O–H groups in total. The monoisotopic (exact) mass is 388 g/mol. The van der Waals surface area contributed by atoms with Gasteiger partial charge in [-0.2, -0.15) is 0 Å². The summed E-state index contributed by atoms with van der Waals surface area (Å²) in [5.74, 6) is -0.299. The molecule has 0 aliphatic carbocycles. The van der Waals surface area contributed by atoms with Crippen molar-refractivity contribution in [3.8, 4) is 0 Å². The van der Waals surface area contributed by atoms with E-state index in [0.29, 0.717) is 12.1 Å². The Morgan fingerprint density at radius 1 is 1.07 bits per heavy atom. The summed E-state index contributed by atoms with van der Waals surface area (Å²) in [6, 6.07) is 17.3. The van der Waals surface area contributed by atoms with E-state index in [1.165, 1.54) is 9.87 Å². The molecule has 0 saturated heterocycles. The van der Waals surface area contributed by atoms with Gasteiger partial charge in [-0.1, -0.05) is 55.5 Å². The van der Waals surface area contributed by atoms with Crippen molar-refractivity contribution in [2.24, 2.45) is 0 Å². The Kier molecular flexibility index (Phi) is 7.42. The van der Waals surface area contributed by atoms with Crippen LogP contribution in [-0.4, -0.2) is 33.2 Å². The fourth-order valence-corrected chi connectivity index (χ4v) is 3.87. The third-order valence-electron chi connectivity index (χ3n) is 4.44. The minimum Gasteiger partial charge on any atom is -0.352 e. The Labute approximate surface area is 162 Å². The van der Waals surface area contributed by atoms with Crippen LogP contribution < -0.4 is 9.62 Å². The van der Waals surface area contributed by atoms with Crippen molar-refractivity contribution in [1.29, 1.82) is 0 Å². The number of anilines is 1. The van der Waals surface area contributed by atoms with Crippen molar-refractivity contribution >= 4 is 21.6 Å². The number of nitrogens with zero attached hydrogens (tertiary/aromatic N) is 1. The van der Waals surface area contributed by atoms with E-state index in [2.05, 4.69) is 17.4 Å². The maximum absolute atomic E-state index is 12.5. The van der Waals surface area contributed by atoms with E-state index in [0.717, 1.165) is 24.7 Å². The topological polar surface area (TPSA) is 66.5 Å². The second-order valence-corrected chi connectivity index (χ2v) is 8.65. The van der Waals surface area contributed by atoms with Gasteiger partial charge in [-0.05, 0) is 43.4 Å². The number of amides is 1. The molecule has 6 heteroatoms. The molecule has 0 aliphatic heterocycles. The van der Waals surface area contributed by atoms with Gasteiger partial charge in [0.05, 0.1) is 11.9 Å². The minimum atomic E-state index is -3.56. The van der Waals surface area contributed by atoms with Gasteiger partial charge in [-0.3, -0.25) is 9.10 Å². The molecule has 1 atom stereocenters. The van der Waals surface area contributed by atoms with Crippen LogP contribution in [0.5, 0.6) is 0 Å². The number of nitrogens with one attached hydrogen (secondary N) is 1. The zero-order valence-corrected chi connectivity index (χ0v) is 17.0. The highest BCUT2D eigenvalue weighted by Crippen LogP contribution is 2.23. The first-order valence-electron chi connectivity index (χ1n) is 9.20. The highest BCUT2D eigenvalue weighted by molar-refractivity contribution is 7.92. The molecular formula is C21H28N2O3S. The lowest BCUT2D eigenvalue weighted by Crippen LogP contribution is -2.43. The van der Waals surface area contributed by atoms with Crippen LogP contribution >= 0.6 is 0 Å². The van der Waals surface area contributed by atoms with Gasteiger partial charge in [0.15, 0.2) is 0 Å². The molecule has 0 aliphatic rings.